The Kier molecular flexibility index (Phi) is 7.84. The summed E-state index contributed by atoms with van der Waals surface area (Å²) in [5.74, 6) is -0.562. The van der Waals surface area contributed by atoms with Crippen LogP contribution in [0.4, 0.5) is 5.00 Å². The Morgan fingerprint density at radius 2 is 2.00 bits per heavy atom. The molecule has 0 radical (unpaired) electrons. The van der Waals surface area contributed by atoms with Crippen LogP contribution in [-0.4, -0.2) is 54.7 Å². The summed E-state index contributed by atoms with van der Waals surface area (Å²) in [6, 6.07) is 11.2. The number of hydrogen-bond acceptors (Lipinski definition) is 8. The SMILES string of the molecule is CCCN1CCc2c(sc(NC(=O)C3CCCN(S(=O)(=O)c4ccc(Cl)s4)C3)c2-c2nc3ccccc3s2)C1. The van der Waals surface area contributed by atoms with E-state index in [4.69, 9.17) is 16.6 Å². The molecule has 4 aromatic rings. The number of nitrogens with one attached hydrogen (secondary N) is 1. The number of benzene rings is 1. The molecule has 3 aromatic heterocycles. The molecule has 1 unspecified atom stereocenters. The van der Waals surface area contributed by atoms with E-state index in [-0.39, 0.29) is 16.7 Å². The van der Waals surface area contributed by atoms with Crippen molar-refractivity contribution in [1.82, 2.24) is 14.2 Å². The minimum Gasteiger partial charge on any atom is -0.317 e. The Labute approximate surface area is 245 Å². The van der Waals surface area contributed by atoms with E-state index in [1.54, 1.807) is 28.7 Å². The second-order valence-electron chi connectivity index (χ2n) is 9.97. The van der Waals surface area contributed by atoms with E-state index in [2.05, 4.69) is 23.2 Å². The number of para-hydroxylation sites is 1. The summed E-state index contributed by atoms with van der Waals surface area (Å²) in [7, 11) is -3.68. The van der Waals surface area contributed by atoms with Crippen LogP contribution in [0.25, 0.3) is 20.8 Å². The maximum absolute atomic E-state index is 13.6. The third-order valence-corrected chi connectivity index (χ3v) is 13.1. The maximum Gasteiger partial charge on any atom is 0.252 e. The van der Waals surface area contributed by atoms with Crippen LogP contribution in [0.5, 0.6) is 0 Å². The molecule has 1 atom stereocenters. The number of piperidine rings is 1. The molecule has 39 heavy (non-hydrogen) atoms. The topological polar surface area (TPSA) is 82.6 Å². The zero-order chi connectivity index (χ0) is 27.1. The molecule has 0 bridgehead atoms. The summed E-state index contributed by atoms with van der Waals surface area (Å²) in [4.78, 5) is 22.3. The predicted molar refractivity (Wildman–Crippen MR) is 162 cm³/mol. The van der Waals surface area contributed by atoms with Gasteiger partial charge in [-0.2, -0.15) is 4.31 Å². The first kappa shape index (κ1) is 27.3. The summed E-state index contributed by atoms with van der Waals surface area (Å²) in [6.07, 6.45) is 3.31. The normalized spacial score (nSPS) is 18.9. The van der Waals surface area contributed by atoms with Crippen molar-refractivity contribution >= 4 is 76.8 Å². The Morgan fingerprint density at radius 1 is 1.15 bits per heavy atom. The number of halogens is 1. The van der Waals surface area contributed by atoms with Gasteiger partial charge in [0, 0.05) is 36.6 Å². The largest absolute Gasteiger partial charge is 0.317 e. The average Bonchev–Trinajstić information content (AvgIpc) is 3.65. The minimum atomic E-state index is -3.68. The second kappa shape index (κ2) is 11.2. The Morgan fingerprint density at radius 3 is 2.77 bits per heavy atom. The van der Waals surface area contributed by atoms with Gasteiger partial charge in [0.1, 0.15) is 14.2 Å². The molecule has 7 nitrogen and oxygen atoms in total. The maximum atomic E-state index is 13.6. The van der Waals surface area contributed by atoms with Crippen molar-refractivity contribution in [3.05, 3.63) is 51.2 Å². The van der Waals surface area contributed by atoms with Crippen molar-refractivity contribution < 1.29 is 13.2 Å². The van der Waals surface area contributed by atoms with Gasteiger partial charge in [-0.1, -0.05) is 30.7 Å². The van der Waals surface area contributed by atoms with Gasteiger partial charge >= 0.3 is 0 Å². The zero-order valence-electron chi connectivity index (χ0n) is 21.5. The third-order valence-electron chi connectivity index (χ3n) is 7.32. The molecule has 1 fully saturated rings. The van der Waals surface area contributed by atoms with Gasteiger partial charge < -0.3 is 5.32 Å². The molecule has 0 aliphatic carbocycles. The van der Waals surface area contributed by atoms with E-state index in [1.165, 1.54) is 20.8 Å². The summed E-state index contributed by atoms with van der Waals surface area (Å²) in [5.41, 5.74) is 3.28. The van der Waals surface area contributed by atoms with Crippen LogP contribution in [0, 0.1) is 5.92 Å². The highest BCUT2D eigenvalue weighted by Crippen LogP contribution is 2.46. The molecule has 2 aliphatic rings. The Balaban J connectivity index is 1.29. The van der Waals surface area contributed by atoms with Gasteiger partial charge in [0.15, 0.2) is 0 Å². The standard InChI is InChI=1S/C27H29ClN4O3S4/c1-2-12-31-14-11-18-21(16-31)37-27(24(18)26-29-19-7-3-4-8-20(19)36-26)30-25(33)17-6-5-13-32(15-17)39(34,35)23-10-9-22(28)38-23/h3-4,7-10,17H,2,5-6,11-16H2,1H3,(H,30,33). The van der Waals surface area contributed by atoms with Crippen molar-refractivity contribution in [2.45, 2.75) is 43.4 Å². The van der Waals surface area contributed by atoms with Crippen molar-refractivity contribution in [3.63, 3.8) is 0 Å². The van der Waals surface area contributed by atoms with Crippen LogP contribution in [0.15, 0.2) is 40.6 Å². The molecule has 6 rings (SSSR count). The number of nitrogens with zero attached hydrogens (tertiary/aromatic N) is 3. The first-order valence-electron chi connectivity index (χ1n) is 13.1. The van der Waals surface area contributed by atoms with Gasteiger partial charge in [-0.15, -0.1) is 34.0 Å². The molecule has 1 saturated heterocycles. The summed E-state index contributed by atoms with van der Waals surface area (Å²) in [6.45, 7) is 5.68. The first-order valence-corrected chi connectivity index (χ1v) is 17.4. The molecular weight excluding hydrogens is 592 g/mol. The lowest BCUT2D eigenvalue weighted by molar-refractivity contribution is -0.120. The number of thiazole rings is 1. The molecule has 1 N–H and O–H groups in total. The summed E-state index contributed by atoms with van der Waals surface area (Å²) < 4.78 is 29.6. The number of hydrogen-bond donors (Lipinski definition) is 1. The van der Waals surface area contributed by atoms with Gasteiger partial charge in [0.25, 0.3) is 10.0 Å². The molecule has 1 amide bonds. The molecule has 0 spiro atoms. The van der Waals surface area contributed by atoms with Crippen LogP contribution in [0.1, 0.15) is 36.6 Å². The molecule has 206 valence electrons. The fourth-order valence-corrected chi connectivity index (χ4v) is 11.0. The van der Waals surface area contributed by atoms with E-state index >= 15 is 0 Å². The number of thiophene rings is 2. The number of rotatable bonds is 7. The number of carbonyl (C=O) groups is 1. The summed E-state index contributed by atoms with van der Waals surface area (Å²) in [5, 5.41) is 4.98. The smallest absolute Gasteiger partial charge is 0.252 e. The lowest BCUT2D eigenvalue weighted by Gasteiger charge is -2.30. The highest BCUT2D eigenvalue weighted by atomic mass is 35.5. The van der Waals surface area contributed by atoms with E-state index in [9.17, 15) is 13.2 Å². The van der Waals surface area contributed by atoms with E-state index in [0.717, 1.165) is 69.6 Å². The first-order chi connectivity index (χ1) is 18.8. The van der Waals surface area contributed by atoms with Crippen LogP contribution in [0.3, 0.4) is 0 Å². The number of fused-ring (bicyclic) bond motifs is 2. The number of amides is 1. The van der Waals surface area contributed by atoms with Gasteiger partial charge in [-0.25, -0.2) is 13.4 Å². The van der Waals surface area contributed by atoms with E-state index < -0.39 is 15.9 Å². The summed E-state index contributed by atoms with van der Waals surface area (Å²) >= 11 is 10.3. The fraction of sp³-hybridized carbons (Fsp3) is 0.407. The van der Waals surface area contributed by atoms with Crippen molar-refractivity contribution in [2.24, 2.45) is 5.92 Å². The monoisotopic (exact) mass is 620 g/mol. The van der Waals surface area contributed by atoms with Crippen molar-refractivity contribution in [1.29, 1.82) is 0 Å². The van der Waals surface area contributed by atoms with Gasteiger partial charge in [-0.3, -0.25) is 9.69 Å². The Hall–Kier alpha value is -1.86. The minimum absolute atomic E-state index is 0.134. The highest BCUT2D eigenvalue weighted by molar-refractivity contribution is 7.91. The van der Waals surface area contributed by atoms with E-state index in [1.807, 2.05) is 18.2 Å². The van der Waals surface area contributed by atoms with Crippen LogP contribution in [-0.2, 0) is 27.8 Å². The number of carbonyl (C=O) groups excluding carboxylic acids is 1. The fourth-order valence-electron chi connectivity index (χ4n) is 5.41. The van der Waals surface area contributed by atoms with Gasteiger partial charge in [0.05, 0.1) is 20.5 Å². The molecular formula is C27H29ClN4O3S4. The van der Waals surface area contributed by atoms with E-state index in [0.29, 0.717) is 23.7 Å². The van der Waals surface area contributed by atoms with Gasteiger partial charge in [0.2, 0.25) is 5.91 Å². The predicted octanol–water partition coefficient (Wildman–Crippen LogP) is 6.55. The molecule has 2 aliphatic heterocycles. The molecule has 1 aromatic carbocycles. The molecule has 5 heterocycles. The molecule has 0 saturated carbocycles. The number of sulfonamides is 1. The van der Waals surface area contributed by atoms with Crippen LogP contribution in [0.2, 0.25) is 4.34 Å². The van der Waals surface area contributed by atoms with Crippen molar-refractivity contribution in [2.75, 3.05) is 31.5 Å². The highest BCUT2D eigenvalue weighted by Gasteiger charge is 2.35. The average molecular weight is 621 g/mol. The number of anilines is 1. The second-order valence-corrected chi connectivity index (χ2v) is 16.0. The van der Waals surface area contributed by atoms with Crippen LogP contribution < -0.4 is 5.32 Å². The molecule has 12 heteroatoms. The number of aromatic nitrogens is 1. The lowest BCUT2D eigenvalue weighted by atomic mass is 9.98. The lowest BCUT2D eigenvalue weighted by Crippen LogP contribution is -2.43. The quantitative estimate of drug-likeness (QED) is 0.253. The Bertz CT molecular complexity index is 1590. The zero-order valence-corrected chi connectivity index (χ0v) is 25.5. The van der Waals surface area contributed by atoms with Crippen molar-refractivity contribution in [3.8, 4) is 10.6 Å². The van der Waals surface area contributed by atoms with Crippen LogP contribution >= 0.6 is 45.6 Å². The van der Waals surface area contributed by atoms with Gasteiger partial charge in [-0.05, 0) is 62.1 Å². The third kappa shape index (κ3) is 5.42.